The number of anilines is 3. The van der Waals surface area contributed by atoms with Gasteiger partial charge in [-0.15, -0.1) is 0 Å². The highest BCUT2D eigenvalue weighted by molar-refractivity contribution is 7.92. The Morgan fingerprint density at radius 3 is 2.03 bits per heavy atom. The van der Waals surface area contributed by atoms with Gasteiger partial charge in [-0.25, -0.2) is 12.8 Å². The molecule has 0 radical (unpaired) electrons. The van der Waals surface area contributed by atoms with Crippen LogP contribution in [-0.4, -0.2) is 20.4 Å². The maximum Gasteiger partial charge on any atom is 0.261 e. The third-order valence-electron chi connectivity index (χ3n) is 4.08. The summed E-state index contributed by atoms with van der Waals surface area (Å²) in [5.41, 5.74) is 1.71. The second kappa shape index (κ2) is 8.74. The average molecular weight is 413 g/mol. The number of carbonyl (C=O) groups excluding carboxylic acids is 1. The molecule has 0 bridgehead atoms. The molecule has 3 aromatic carbocycles. The maximum atomic E-state index is 13.0. The summed E-state index contributed by atoms with van der Waals surface area (Å²) in [7, 11) is -3.82. The molecule has 0 saturated carbocycles. The summed E-state index contributed by atoms with van der Waals surface area (Å²) in [4.78, 5) is 12.2. The van der Waals surface area contributed by atoms with E-state index in [0.717, 1.165) is 12.1 Å². The lowest BCUT2D eigenvalue weighted by Gasteiger charge is -2.16. The normalized spacial score (nSPS) is 12.1. The number of hydrogen-bond acceptors (Lipinski definition) is 4. The molecular formula is C21H20FN3O3S. The van der Waals surface area contributed by atoms with Gasteiger partial charge in [0.15, 0.2) is 0 Å². The van der Waals surface area contributed by atoms with Gasteiger partial charge in [0.2, 0.25) is 5.91 Å². The molecule has 0 unspecified atom stereocenters. The molecular weight excluding hydrogens is 393 g/mol. The Hall–Kier alpha value is -3.39. The summed E-state index contributed by atoms with van der Waals surface area (Å²) in [5.74, 6) is -0.706. The van der Waals surface area contributed by atoms with Gasteiger partial charge in [-0.3, -0.25) is 9.52 Å². The van der Waals surface area contributed by atoms with Crippen molar-refractivity contribution in [2.45, 2.75) is 17.9 Å². The van der Waals surface area contributed by atoms with Crippen molar-refractivity contribution in [1.82, 2.24) is 0 Å². The van der Waals surface area contributed by atoms with E-state index in [-0.39, 0.29) is 10.8 Å². The summed E-state index contributed by atoms with van der Waals surface area (Å²) in [6, 6.07) is 19.7. The molecule has 29 heavy (non-hydrogen) atoms. The Kier molecular flexibility index (Phi) is 6.13. The third kappa shape index (κ3) is 5.55. The lowest BCUT2D eigenvalue weighted by Crippen LogP contribution is -2.31. The van der Waals surface area contributed by atoms with E-state index in [1.54, 1.807) is 43.3 Å². The molecule has 0 fully saturated rings. The van der Waals surface area contributed by atoms with E-state index in [1.807, 2.05) is 18.2 Å². The Bertz CT molecular complexity index is 1070. The minimum absolute atomic E-state index is 0.0349. The van der Waals surface area contributed by atoms with E-state index in [2.05, 4.69) is 15.4 Å². The summed E-state index contributed by atoms with van der Waals surface area (Å²) in [5, 5.41) is 5.87. The molecule has 3 aromatic rings. The van der Waals surface area contributed by atoms with Gasteiger partial charge in [-0.1, -0.05) is 18.2 Å². The first-order valence-corrected chi connectivity index (χ1v) is 10.3. The Labute approximate surface area is 168 Å². The van der Waals surface area contributed by atoms with Crippen LogP contribution in [0.5, 0.6) is 0 Å². The number of sulfonamides is 1. The van der Waals surface area contributed by atoms with E-state index in [9.17, 15) is 17.6 Å². The van der Waals surface area contributed by atoms with Crippen LogP contribution in [-0.2, 0) is 14.8 Å². The molecule has 0 heterocycles. The van der Waals surface area contributed by atoms with Crippen LogP contribution >= 0.6 is 0 Å². The summed E-state index contributed by atoms with van der Waals surface area (Å²) in [6.07, 6.45) is 0. The first kappa shape index (κ1) is 20.3. The van der Waals surface area contributed by atoms with Gasteiger partial charge in [-0.05, 0) is 67.6 Å². The van der Waals surface area contributed by atoms with Gasteiger partial charge in [0.25, 0.3) is 10.0 Å². The summed E-state index contributed by atoms with van der Waals surface area (Å²) in [6.45, 7) is 1.73. The molecule has 3 rings (SSSR count). The van der Waals surface area contributed by atoms with Crippen molar-refractivity contribution in [3.05, 3.63) is 84.7 Å². The number of halogens is 1. The highest BCUT2D eigenvalue weighted by Gasteiger charge is 2.15. The molecule has 1 atom stereocenters. The van der Waals surface area contributed by atoms with E-state index >= 15 is 0 Å². The van der Waals surface area contributed by atoms with Crippen LogP contribution in [0, 0.1) is 5.82 Å². The van der Waals surface area contributed by atoms with Gasteiger partial charge in [0.1, 0.15) is 11.9 Å². The Balaban J connectivity index is 1.61. The van der Waals surface area contributed by atoms with Gasteiger partial charge in [-0.2, -0.15) is 0 Å². The van der Waals surface area contributed by atoms with Crippen molar-refractivity contribution in [2.24, 2.45) is 0 Å². The largest absolute Gasteiger partial charge is 0.374 e. The molecule has 1 amide bonds. The number of amides is 1. The van der Waals surface area contributed by atoms with Gasteiger partial charge in [0.05, 0.1) is 4.90 Å². The summed E-state index contributed by atoms with van der Waals surface area (Å²) < 4.78 is 40.1. The van der Waals surface area contributed by atoms with Gasteiger partial charge >= 0.3 is 0 Å². The fourth-order valence-electron chi connectivity index (χ4n) is 2.55. The van der Waals surface area contributed by atoms with Crippen LogP contribution in [0.1, 0.15) is 6.92 Å². The topological polar surface area (TPSA) is 87.3 Å². The monoisotopic (exact) mass is 413 g/mol. The Morgan fingerprint density at radius 1 is 0.828 bits per heavy atom. The van der Waals surface area contributed by atoms with Crippen LogP contribution < -0.4 is 15.4 Å². The van der Waals surface area contributed by atoms with E-state index in [1.165, 1.54) is 12.1 Å². The van der Waals surface area contributed by atoms with Crippen LogP contribution in [0.25, 0.3) is 0 Å². The number of hydrogen-bond donors (Lipinski definition) is 3. The number of rotatable bonds is 7. The first-order chi connectivity index (χ1) is 13.8. The smallest absolute Gasteiger partial charge is 0.261 e. The molecule has 8 heteroatoms. The average Bonchev–Trinajstić information content (AvgIpc) is 2.70. The lowest BCUT2D eigenvalue weighted by atomic mass is 10.2. The second-order valence-corrected chi connectivity index (χ2v) is 8.04. The van der Waals surface area contributed by atoms with Crippen molar-refractivity contribution in [3.8, 4) is 0 Å². The maximum absolute atomic E-state index is 13.0. The molecule has 150 valence electrons. The fraction of sp³-hybridized carbons (Fsp3) is 0.0952. The van der Waals surface area contributed by atoms with Crippen LogP contribution in [0.4, 0.5) is 21.5 Å². The number of benzene rings is 3. The molecule has 0 aliphatic heterocycles. The van der Waals surface area contributed by atoms with Crippen molar-refractivity contribution >= 4 is 33.0 Å². The predicted octanol–water partition coefficient (Wildman–Crippen LogP) is 4.07. The fourth-order valence-corrected chi connectivity index (χ4v) is 3.61. The van der Waals surface area contributed by atoms with E-state index in [4.69, 9.17) is 0 Å². The number of carbonyl (C=O) groups is 1. The molecule has 0 aliphatic carbocycles. The van der Waals surface area contributed by atoms with Crippen LogP contribution in [0.2, 0.25) is 0 Å². The highest BCUT2D eigenvalue weighted by Crippen LogP contribution is 2.19. The molecule has 6 nitrogen and oxygen atoms in total. The minimum atomic E-state index is -3.82. The second-order valence-electron chi connectivity index (χ2n) is 6.36. The third-order valence-corrected chi connectivity index (χ3v) is 5.48. The minimum Gasteiger partial charge on any atom is -0.374 e. The van der Waals surface area contributed by atoms with Crippen LogP contribution in [0.15, 0.2) is 83.8 Å². The lowest BCUT2D eigenvalue weighted by molar-refractivity contribution is -0.116. The quantitative estimate of drug-likeness (QED) is 0.545. The molecule has 3 N–H and O–H groups in total. The summed E-state index contributed by atoms with van der Waals surface area (Å²) >= 11 is 0. The first-order valence-electron chi connectivity index (χ1n) is 8.84. The number of nitrogens with one attached hydrogen (secondary N) is 3. The zero-order valence-corrected chi connectivity index (χ0v) is 16.4. The SMILES string of the molecule is C[C@H](Nc1ccc(NS(=O)(=O)c2ccc(F)cc2)cc1)C(=O)Nc1ccccc1. The number of para-hydroxylation sites is 1. The van der Waals surface area contributed by atoms with Gasteiger partial charge in [0, 0.05) is 17.1 Å². The standard InChI is InChI=1S/C21H20FN3O3S/c1-15(21(26)24-17-5-3-2-4-6-17)23-18-9-11-19(12-10-18)25-29(27,28)20-13-7-16(22)8-14-20/h2-15,23,25H,1H3,(H,24,26)/t15-/m0/s1. The van der Waals surface area contributed by atoms with Crippen molar-refractivity contribution in [1.29, 1.82) is 0 Å². The van der Waals surface area contributed by atoms with Crippen molar-refractivity contribution in [2.75, 3.05) is 15.4 Å². The van der Waals surface area contributed by atoms with Crippen molar-refractivity contribution in [3.63, 3.8) is 0 Å². The van der Waals surface area contributed by atoms with Crippen molar-refractivity contribution < 1.29 is 17.6 Å². The zero-order valence-electron chi connectivity index (χ0n) is 15.6. The van der Waals surface area contributed by atoms with Crippen LogP contribution in [0.3, 0.4) is 0 Å². The predicted molar refractivity (Wildman–Crippen MR) is 112 cm³/mol. The highest BCUT2D eigenvalue weighted by atomic mass is 32.2. The van der Waals surface area contributed by atoms with Gasteiger partial charge < -0.3 is 10.6 Å². The molecule has 0 aliphatic rings. The van der Waals surface area contributed by atoms with E-state index in [0.29, 0.717) is 17.1 Å². The molecule has 0 aromatic heterocycles. The Morgan fingerprint density at radius 2 is 1.41 bits per heavy atom. The molecule has 0 spiro atoms. The van der Waals surface area contributed by atoms with E-state index < -0.39 is 21.9 Å². The zero-order chi connectivity index (χ0) is 20.9. The molecule has 0 saturated heterocycles.